The van der Waals surface area contributed by atoms with Crippen molar-refractivity contribution in [2.75, 3.05) is 0 Å². The Labute approximate surface area is 111 Å². The van der Waals surface area contributed by atoms with Crippen molar-refractivity contribution < 1.29 is 9.84 Å². The minimum Gasteiger partial charge on any atom is -0.508 e. The summed E-state index contributed by atoms with van der Waals surface area (Å²) in [5.74, 6) is 0.238. The predicted molar refractivity (Wildman–Crippen MR) is 70.4 cm³/mol. The molecule has 19 heavy (non-hydrogen) atoms. The van der Waals surface area contributed by atoms with Crippen LogP contribution in [0.2, 0.25) is 0 Å². The van der Waals surface area contributed by atoms with Crippen molar-refractivity contribution >= 4 is 0 Å². The van der Waals surface area contributed by atoms with E-state index in [1.807, 2.05) is 36.4 Å². The summed E-state index contributed by atoms with van der Waals surface area (Å²) in [7, 11) is 0. The molecule has 0 aliphatic carbocycles. The third-order valence-electron chi connectivity index (χ3n) is 3.45. The van der Waals surface area contributed by atoms with Crippen molar-refractivity contribution in [2.45, 2.75) is 18.6 Å². The number of phenolic OH excluding ortho intramolecular Hbond substituents is 1. The van der Waals surface area contributed by atoms with Gasteiger partial charge in [-0.15, -0.1) is 0 Å². The summed E-state index contributed by atoms with van der Waals surface area (Å²) >= 11 is 0. The molecule has 1 N–H and O–H groups in total. The molecule has 1 aliphatic heterocycles. The summed E-state index contributed by atoms with van der Waals surface area (Å²) in [6.07, 6.45) is -0.225. The SMILES string of the molecule is N#C[C@H]1O[C@@H](c2ccccc2)Cc2c(O)cccc21. The van der Waals surface area contributed by atoms with E-state index in [0.29, 0.717) is 6.42 Å². The standard InChI is InChI=1S/C16H13NO2/c17-10-16-12-7-4-8-14(18)13(12)9-15(19-16)11-5-2-1-3-6-11/h1-8,15-16,18H,9H2/t15-,16-/m1/s1. The molecule has 0 saturated carbocycles. The van der Waals surface area contributed by atoms with Crippen LogP contribution in [0.25, 0.3) is 0 Å². The van der Waals surface area contributed by atoms with Crippen LogP contribution in [0.1, 0.15) is 28.9 Å². The summed E-state index contributed by atoms with van der Waals surface area (Å²) < 4.78 is 5.83. The molecule has 0 bridgehead atoms. The van der Waals surface area contributed by atoms with Gasteiger partial charge >= 0.3 is 0 Å². The Hall–Kier alpha value is -2.31. The topological polar surface area (TPSA) is 53.2 Å². The van der Waals surface area contributed by atoms with Gasteiger partial charge in [0.05, 0.1) is 12.2 Å². The molecular weight excluding hydrogens is 238 g/mol. The number of hydrogen-bond donors (Lipinski definition) is 1. The molecule has 2 aromatic carbocycles. The summed E-state index contributed by atoms with van der Waals surface area (Å²) in [6, 6.07) is 17.2. The number of aromatic hydroxyl groups is 1. The lowest BCUT2D eigenvalue weighted by Gasteiger charge is -2.29. The zero-order valence-electron chi connectivity index (χ0n) is 10.3. The summed E-state index contributed by atoms with van der Waals surface area (Å²) in [5.41, 5.74) is 2.61. The van der Waals surface area contributed by atoms with Crippen LogP contribution in [0.4, 0.5) is 0 Å². The summed E-state index contributed by atoms with van der Waals surface area (Å²) in [4.78, 5) is 0. The lowest BCUT2D eigenvalue weighted by molar-refractivity contribution is 0.00194. The molecule has 1 aliphatic rings. The fourth-order valence-electron chi connectivity index (χ4n) is 2.50. The quantitative estimate of drug-likeness (QED) is 0.846. The van der Waals surface area contributed by atoms with E-state index in [1.54, 1.807) is 12.1 Å². The zero-order chi connectivity index (χ0) is 13.2. The highest BCUT2D eigenvalue weighted by atomic mass is 16.5. The number of nitrogens with zero attached hydrogens (tertiary/aromatic N) is 1. The largest absolute Gasteiger partial charge is 0.508 e. The van der Waals surface area contributed by atoms with Gasteiger partial charge in [-0.05, 0) is 11.6 Å². The number of nitriles is 1. The van der Waals surface area contributed by atoms with E-state index >= 15 is 0 Å². The molecule has 3 nitrogen and oxygen atoms in total. The predicted octanol–water partition coefficient (Wildman–Crippen LogP) is 3.27. The molecule has 94 valence electrons. The molecule has 0 fully saturated rings. The Morgan fingerprint density at radius 1 is 1.11 bits per heavy atom. The van der Waals surface area contributed by atoms with E-state index in [2.05, 4.69) is 6.07 Å². The Morgan fingerprint density at radius 3 is 2.63 bits per heavy atom. The van der Waals surface area contributed by atoms with Crippen molar-refractivity contribution in [2.24, 2.45) is 0 Å². The lowest BCUT2D eigenvalue weighted by Crippen LogP contribution is -2.19. The molecular formula is C16H13NO2. The maximum atomic E-state index is 9.97. The number of phenols is 1. The third kappa shape index (κ3) is 2.07. The normalized spacial score (nSPS) is 21.4. The van der Waals surface area contributed by atoms with Crippen molar-refractivity contribution in [3.63, 3.8) is 0 Å². The number of fused-ring (bicyclic) bond motifs is 1. The van der Waals surface area contributed by atoms with Crippen LogP contribution in [0.3, 0.4) is 0 Å². The molecule has 1 heterocycles. The van der Waals surface area contributed by atoms with E-state index in [9.17, 15) is 10.4 Å². The van der Waals surface area contributed by atoms with Gasteiger partial charge in [0.15, 0.2) is 6.10 Å². The highest BCUT2D eigenvalue weighted by molar-refractivity contribution is 5.44. The Bertz CT molecular complexity index is 631. The van der Waals surface area contributed by atoms with Gasteiger partial charge in [-0.2, -0.15) is 5.26 Å². The van der Waals surface area contributed by atoms with E-state index in [4.69, 9.17) is 4.74 Å². The molecule has 2 atom stereocenters. The fourth-order valence-corrected chi connectivity index (χ4v) is 2.50. The highest BCUT2D eigenvalue weighted by Gasteiger charge is 2.29. The average molecular weight is 251 g/mol. The maximum absolute atomic E-state index is 9.97. The minimum absolute atomic E-state index is 0.188. The van der Waals surface area contributed by atoms with Gasteiger partial charge < -0.3 is 9.84 Å². The third-order valence-corrected chi connectivity index (χ3v) is 3.45. The molecule has 3 heteroatoms. The first-order valence-electron chi connectivity index (χ1n) is 6.20. The van der Waals surface area contributed by atoms with Crippen LogP contribution >= 0.6 is 0 Å². The van der Waals surface area contributed by atoms with Gasteiger partial charge in [0, 0.05) is 17.5 Å². The van der Waals surface area contributed by atoms with E-state index in [0.717, 1.165) is 16.7 Å². The first-order valence-corrected chi connectivity index (χ1v) is 6.20. The Morgan fingerprint density at radius 2 is 1.89 bits per heavy atom. The maximum Gasteiger partial charge on any atom is 0.170 e. The molecule has 3 rings (SSSR count). The van der Waals surface area contributed by atoms with Crippen molar-refractivity contribution in [1.29, 1.82) is 5.26 Å². The number of benzene rings is 2. The van der Waals surface area contributed by atoms with Crippen LogP contribution in [0, 0.1) is 11.3 Å². The lowest BCUT2D eigenvalue weighted by atomic mass is 9.91. The van der Waals surface area contributed by atoms with Crippen LogP contribution in [0.5, 0.6) is 5.75 Å². The van der Waals surface area contributed by atoms with Crippen LogP contribution in [-0.4, -0.2) is 5.11 Å². The van der Waals surface area contributed by atoms with E-state index in [1.165, 1.54) is 0 Å². The van der Waals surface area contributed by atoms with Gasteiger partial charge in [-0.1, -0.05) is 42.5 Å². The van der Waals surface area contributed by atoms with Gasteiger partial charge in [0.2, 0.25) is 0 Å². The second-order valence-corrected chi connectivity index (χ2v) is 4.59. The number of ether oxygens (including phenoxy) is 1. The van der Waals surface area contributed by atoms with Crippen molar-refractivity contribution in [1.82, 2.24) is 0 Å². The minimum atomic E-state index is -0.624. The van der Waals surface area contributed by atoms with Crippen LogP contribution in [-0.2, 0) is 11.2 Å². The Balaban J connectivity index is 2.03. The van der Waals surface area contributed by atoms with E-state index < -0.39 is 6.10 Å². The number of hydrogen-bond acceptors (Lipinski definition) is 3. The van der Waals surface area contributed by atoms with Gasteiger partial charge in [0.25, 0.3) is 0 Å². The van der Waals surface area contributed by atoms with Crippen LogP contribution in [0.15, 0.2) is 48.5 Å². The van der Waals surface area contributed by atoms with Gasteiger partial charge in [-0.25, -0.2) is 0 Å². The van der Waals surface area contributed by atoms with Gasteiger partial charge in [-0.3, -0.25) is 0 Å². The highest BCUT2D eigenvalue weighted by Crippen LogP contribution is 2.40. The van der Waals surface area contributed by atoms with Crippen molar-refractivity contribution in [3.05, 3.63) is 65.2 Å². The van der Waals surface area contributed by atoms with Crippen LogP contribution < -0.4 is 0 Å². The molecule has 0 saturated heterocycles. The second-order valence-electron chi connectivity index (χ2n) is 4.59. The zero-order valence-corrected chi connectivity index (χ0v) is 10.3. The van der Waals surface area contributed by atoms with E-state index in [-0.39, 0.29) is 11.9 Å². The summed E-state index contributed by atoms with van der Waals surface area (Å²) in [5, 5.41) is 19.2. The Kier molecular flexibility index (Phi) is 2.94. The monoisotopic (exact) mass is 251 g/mol. The first-order chi connectivity index (χ1) is 9.29. The number of rotatable bonds is 1. The molecule has 2 aromatic rings. The molecule has 0 amide bonds. The van der Waals surface area contributed by atoms with Crippen molar-refractivity contribution in [3.8, 4) is 11.8 Å². The fraction of sp³-hybridized carbons (Fsp3) is 0.188. The smallest absolute Gasteiger partial charge is 0.170 e. The van der Waals surface area contributed by atoms with Gasteiger partial charge in [0.1, 0.15) is 5.75 Å². The molecule has 0 radical (unpaired) electrons. The molecule has 0 aromatic heterocycles. The first kappa shape index (κ1) is 11.8. The average Bonchev–Trinajstić information content (AvgIpc) is 2.48. The summed E-state index contributed by atoms with van der Waals surface area (Å²) in [6.45, 7) is 0. The second kappa shape index (κ2) is 4.75. The molecule has 0 spiro atoms. The molecule has 0 unspecified atom stereocenters.